The van der Waals surface area contributed by atoms with E-state index in [1.165, 1.54) is 4.68 Å². The number of para-hydroxylation sites is 1. The molecule has 120 valence electrons. The Bertz CT molecular complexity index is 866. The van der Waals surface area contributed by atoms with Gasteiger partial charge in [-0.05, 0) is 24.3 Å². The van der Waals surface area contributed by atoms with Crippen LogP contribution in [-0.4, -0.2) is 32.7 Å². The molecule has 2 aromatic heterocycles. The molecule has 0 aliphatic rings. The Hall–Kier alpha value is -1.42. The van der Waals surface area contributed by atoms with Gasteiger partial charge in [0.15, 0.2) is 5.82 Å². The Balaban J connectivity index is 0.00000225. The van der Waals surface area contributed by atoms with E-state index < -0.39 is 0 Å². The molecule has 0 aliphatic carbocycles. The molecule has 0 saturated carbocycles. The minimum Gasteiger partial charge on any atom is -0.738 e. The van der Waals surface area contributed by atoms with Gasteiger partial charge in [-0.15, -0.1) is 5.10 Å². The first kappa shape index (κ1) is 19.9. The minimum atomic E-state index is 0. The number of pyridine rings is 1. The standard InChI is InChI=1S/C17H15N5OS.K/c1-2-10-23-15-8-4-3-6-13(15)12-19-22-16(20-21-17(22)24)14-7-5-9-18-11-14;/h2-9,11-12H,1,10H2,(H,21,24);/q;+1/p-1/b19-12+;. The second-order valence-electron chi connectivity index (χ2n) is 4.74. The van der Waals surface area contributed by atoms with Crippen molar-refractivity contribution in [3.63, 3.8) is 0 Å². The molecule has 0 fully saturated rings. The molecule has 3 aromatic rings. The quantitative estimate of drug-likeness (QED) is 0.256. The van der Waals surface area contributed by atoms with Gasteiger partial charge in [-0.25, -0.2) is 4.68 Å². The summed E-state index contributed by atoms with van der Waals surface area (Å²) in [5.74, 6) is 1.25. The van der Waals surface area contributed by atoms with Crippen LogP contribution in [0.5, 0.6) is 5.75 Å². The topological polar surface area (TPSA) is 65.2 Å². The Kier molecular flexibility index (Phi) is 7.88. The van der Waals surface area contributed by atoms with Crippen molar-refractivity contribution in [2.24, 2.45) is 5.10 Å². The average Bonchev–Trinajstić information content (AvgIpc) is 3.00. The van der Waals surface area contributed by atoms with Crippen molar-refractivity contribution in [1.29, 1.82) is 0 Å². The SMILES string of the molecule is C=CCOc1ccccc1/C=N/n1c([S-])nnc1-c1cccnc1.[K+]. The third-order valence-electron chi connectivity index (χ3n) is 3.12. The Morgan fingerprint density at radius 2 is 2.04 bits per heavy atom. The molecule has 0 radical (unpaired) electrons. The summed E-state index contributed by atoms with van der Waals surface area (Å²) in [7, 11) is 0. The van der Waals surface area contributed by atoms with Crippen molar-refractivity contribution >= 4 is 18.8 Å². The van der Waals surface area contributed by atoms with Crippen molar-refractivity contribution < 1.29 is 56.1 Å². The molecule has 0 saturated heterocycles. The number of benzene rings is 1. The van der Waals surface area contributed by atoms with E-state index in [1.54, 1.807) is 24.7 Å². The van der Waals surface area contributed by atoms with Crippen LogP contribution in [0.25, 0.3) is 11.4 Å². The largest absolute Gasteiger partial charge is 1.00 e. The maximum atomic E-state index is 5.62. The summed E-state index contributed by atoms with van der Waals surface area (Å²) in [6.07, 6.45) is 6.73. The Morgan fingerprint density at radius 3 is 2.80 bits per heavy atom. The molecule has 0 unspecified atom stereocenters. The van der Waals surface area contributed by atoms with Crippen LogP contribution in [0.2, 0.25) is 0 Å². The third-order valence-corrected chi connectivity index (χ3v) is 3.37. The van der Waals surface area contributed by atoms with E-state index in [0.717, 1.165) is 11.1 Å². The number of nitrogens with zero attached hydrogens (tertiary/aromatic N) is 5. The van der Waals surface area contributed by atoms with Crippen LogP contribution >= 0.6 is 0 Å². The zero-order valence-electron chi connectivity index (χ0n) is 13.7. The number of ether oxygens (including phenoxy) is 1. The zero-order valence-corrected chi connectivity index (χ0v) is 17.7. The second-order valence-corrected chi connectivity index (χ2v) is 5.11. The third kappa shape index (κ3) is 5.03. The van der Waals surface area contributed by atoms with Crippen molar-refractivity contribution in [2.45, 2.75) is 5.16 Å². The molecule has 8 heteroatoms. The second kappa shape index (κ2) is 9.90. The number of rotatable bonds is 6. The summed E-state index contributed by atoms with van der Waals surface area (Å²) in [5.41, 5.74) is 1.61. The molecular formula is C17H14KN5OS. The van der Waals surface area contributed by atoms with E-state index in [0.29, 0.717) is 18.2 Å². The van der Waals surface area contributed by atoms with E-state index in [1.807, 2.05) is 36.4 Å². The number of hydrogen-bond donors (Lipinski definition) is 0. The summed E-state index contributed by atoms with van der Waals surface area (Å²) in [4.78, 5) is 4.08. The predicted molar refractivity (Wildman–Crippen MR) is 94.0 cm³/mol. The first-order valence-corrected chi connectivity index (χ1v) is 7.60. The van der Waals surface area contributed by atoms with Crippen LogP contribution < -0.4 is 56.1 Å². The molecule has 1 aromatic carbocycles. The number of aromatic nitrogens is 4. The van der Waals surface area contributed by atoms with Crippen LogP contribution in [0.4, 0.5) is 0 Å². The summed E-state index contributed by atoms with van der Waals surface area (Å²) in [6, 6.07) is 11.3. The molecule has 6 nitrogen and oxygen atoms in total. The smallest absolute Gasteiger partial charge is 0.738 e. The first-order chi connectivity index (χ1) is 11.8. The molecule has 25 heavy (non-hydrogen) atoms. The van der Waals surface area contributed by atoms with Crippen LogP contribution in [0.3, 0.4) is 0 Å². The van der Waals surface area contributed by atoms with E-state index in [9.17, 15) is 0 Å². The monoisotopic (exact) mass is 375 g/mol. The molecule has 2 heterocycles. The molecule has 3 rings (SSSR count). The van der Waals surface area contributed by atoms with Gasteiger partial charge in [-0.2, -0.15) is 10.2 Å². The molecule has 0 bridgehead atoms. The van der Waals surface area contributed by atoms with Crippen LogP contribution in [-0.2, 0) is 12.6 Å². The van der Waals surface area contributed by atoms with Gasteiger partial charge in [-0.3, -0.25) is 4.98 Å². The number of hydrogen-bond acceptors (Lipinski definition) is 6. The molecule has 0 spiro atoms. The summed E-state index contributed by atoms with van der Waals surface area (Å²) in [6.45, 7) is 4.07. The normalized spacial score (nSPS) is 10.4. The van der Waals surface area contributed by atoms with E-state index in [4.69, 9.17) is 17.4 Å². The van der Waals surface area contributed by atoms with Gasteiger partial charge in [0.25, 0.3) is 0 Å². The van der Waals surface area contributed by atoms with Gasteiger partial charge < -0.3 is 17.4 Å². The van der Waals surface area contributed by atoms with Gasteiger partial charge in [0, 0.05) is 28.7 Å². The Labute approximate surface area is 193 Å². The summed E-state index contributed by atoms with van der Waals surface area (Å²) < 4.78 is 7.11. The fraction of sp³-hybridized carbons (Fsp3) is 0.0588. The zero-order chi connectivity index (χ0) is 16.8. The summed E-state index contributed by atoms with van der Waals surface area (Å²) in [5, 5.41) is 12.7. The first-order valence-electron chi connectivity index (χ1n) is 7.19. The van der Waals surface area contributed by atoms with Gasteiger partial charge in [-0.1, -0.05) is 24.8 Å². The average molecular weight is 375 g/mol. The van der Waals surface area contributed by atoms with Crippen molar-refractivity contribution in [3.8, 4) is 17.1 Å². The minimum absolute atomic E-state index is 0. The molecule has 0 aliphatic heterocycles. The van der Waals surface area contributed by atoms with E-state index in [2.05, 4.69) is 26.9 Å². The van der Waals surface area contributed by atoms with Crippen molar-refractivity contribution in [2.75, 3.05) is 6.61 Å². The van der Waals surface area contributed by atoms with Gasteiger partial charge >= 0.3 is 51.4 Å². The molecule has 0 amide bonds. The van der Waals surface area contributed by atoms with Crippen molar-refractivity contribution in [1.82, 2.24) is 19.9 Å². The Morgan fingerprint density at radius 1 is 1.20 bits per heavy atom. The fourth-order valence-electron chi connectivity index (χ4n) is 2.03. The van der Waals surface area contributed by atoms with Crippen LogP contribution in [0.1, 0.15) is 5.56 Å². The van der Waals surface area contributed by atoms with E-state index >= 15 is 0 Å². The van der Waals surface area contributed by atoms with Crippen LogP contribution in [0.15, 0.2) is 71.7 Å². The van der Waals surface area contributed by atoms with Crippen molar-refractivity contribution in [3.05, 3.63) is 67.0 Å². The summed E-state index contributed by atoms with van der Waals surface area (Å²) >= 11 is 5.20. The van der Waals surface area contributed by atoms with Crippen LogP contribution in [0, 0.1) is 0 Å². The molecular weight excluding hydrogens is 361 g/mol. The van der Waals surface area contributed by atoms with Gasteiger partial charge in [0.05, 0.1) is 6.21 Å². The van der Waals surface area contributed by atoms with Gasteiger partial charge in [0.1, 0.15) is 12.4 Å². The maximum absolute atomic E-state index is 5.62. The van der Waals surface area contributed by atoms with Gasteiger partial charge in [0.2, 0.25) is 0 Å². The molecule has 0 atom stereocenters. The molecule has 0 N–H and O–H groups in total. The maximum Gasteiger partial charge on any atom is 1.00 e. The van der Waals surface area contributed by atoms with E-state index in [-0.39, 0.29) is 56.5 Å². The predicted octanol–water partition coefficient (Wildman–Crippen LogP) is -0.303. The fourth-order valence-corrected chi connectivity index (χ4v) is 2.21.